The minimum atomic E-state index is -0.493. The number of hydrogen-bond acceptors (Lipinski definition) is 5. The van der Waals surface area contributed by atoms with Gasteiger partial charge in [0, 0.05) is 11.1 Å². The summed E-state index contributed by atoms with van der Waals surface area (Å²) in [6, 6.07) is 12.1. The van der Waals surface area contributed by atoms with Crippen molar-refractivity contribution in [3.63, 3.8) is 0 Å². The molecule has 0 spiro atoms. The highest BCUT2D eigenvalue weighted by atomic mass is 35.5. The number of rotatable bonds is 6. The normalized spacial score (nSPS) is 14.3. The lowest BCUT2D eigenvalue weighted by atomic mass is 9.96. The number of methoxy groups -OCH3 is 1. The second-order valence-electron chi connectivity index (χ2n) is 6.99. The van der Waals surface area contributed by atoms with Crippen LogP contribution in [0.1, 0.15) is 48.0 Å². The Hall–Kier alpha value is -2.64. The predicted octanol–water partition coefficient (Wildman–Crippen LogP) is 4.70. The third-order valence-corrected chi connectivity index (χ3v) is 5.25. The van der Waals surface area contributed by atoms with E-state index in [2.05, 4.69) is 15.8 Å². The number of benzene rings is 2. The minimum absolute atomic E-state index is 0.317. The zero-order valence-electron chi connectivity index (χ0n) is 16.7. The molecule has 30 heavy (non-hydrogen) atoms. The SMILES string of the molecule is COc1cc(/C=N/NC(=S)NC2CCCCC2)ccc1OC(=O)c1ccc(Cl)cc1. The van der Waals surface area contributed by atoms with Crippen LogP contribution in [0.2, 0.25) is 5.02 Å². The lowest BCUT2D eigenvalue weighted by molar-refractivity contribution is 0.0729. The van der Waals surface area contributed by atoms with Crippen molar-refractivity contribution in [1.29, 1.82) is 0 Å². The fraction of sp³-hybridized carbons (Fsp3) is 0.318. The average molecular weight is 446 g/mol. The first-order valence-corrected chi connectivity index (χ1v) is 10.6. The number of carbonyl (C=O) groups excluding carboxylic acids is 1. The van der Waals surface area contributed by atoms with Crippen LogP contribution in [0.4, 0.5) is 0 Å². The number of thiocarbonyl (C=S) groups is 1. The molecule has 8 heteroatoms. The summed E-state index contributed by atoms with van der Waals surface area (Å²) in [6.45, 7) is 0. The van der Waals surface area contributed by atoms with Crippen LogP contribution in [0.15, 0.2) is 47.6 Å². The number of esters is 1. The maximum atomic E-state index is 12.3. The van der Waals surface area contributed by atoms with E-state index >= 15 is 0 Å². The van der Waals surface area contributed by atoms with Gasteiger partial charge in [-0.1, -0.05) is 30.9 Å². The van der Waals surface area contributed by atoms with Crippen molar-refractivity contribution >= 4 is 41.1 Å². The molecule has 0 bridgehead atoms. The molecule has 6 nitrogen and oxygen atoms in total. The van der Waals surface area contributed by atoms with Crippen molar-refractivity contribution in [3.05, 3.63) is 58.6 Å². The number of carbonyl (C=O) groups is 1. The van der Waals surface area contributed by atoms with Crippen LogP contribution in [0.3, 0.4) is 0 Å². The summed E-state index contributed by atoms with van der Waals surface area (Å²) < 4.78 is 10.8. The van der Waals surface area contributed by atoms with Crippen molar-refractivity contribution in [2.75, 3.05) is 7.11 Å². The molecule has 0 heterocycles. The molecular weight excluding hydrogens is 422 g/mol. The van der Waals surface area contributed by atoms with Crippen molar-refractivity contribution in [3.8, 4) is 11.5 Å². The first-order chi connectivity index (χ1) is 14.5. The molecule has 2 N–H and O–H groups in total. The zero-order valence-corrected chi connectivity index (χ0v) is 18.3. The molecule has 1 aliphatic rings. The van der Waals surface area contributed by atoms with Crippen LogP contribution in [-0.4, -0.2) is 30.4 Å². The summed E-state index contributed by atoms with van der Waals surface area (Å²) in [5.41, 5.74) is 4.01. The van der Waals surface area contributed by atoms with E-state index in [-0.39, 0.29) is 0 Å². The highest BCUT2D eigenvalue weighted by Gasteiger charge is 2.14. The van der Waals surface area contributed by atoms with Crippen molar-refractivity contribution < 1.29 is 14.3 Å². The van der Waals surface area contributed by atoms with Gasteiger partial charge >= 0.3 is 5.97 Å². The second-order valence-corrected chi connectivity index (χ2v) is 7.83. The summed E-state index contributed by atoms with van der Waals surface area (Å²) in [6.07, 6.45) is 7.67. The van der Waals surface area contributed by atoms with E-state index in [4.69, 9.17) is 33.3 Å². The van der Waals surface area contributed by atoms with Gasteiger partial charge in [-0.2, -0.15) is 5.10 Å². The first kappa shape index (κ1) is 22.1. The van der Waals surface area contributed by atoms with Crippen molar-refractivity contribution in [2.24, 2.45) is 5.10 Å². The van der Waals surface area contributed by atoms with E-state index in [1.165, 1.54) is 26.4 Å². The van der Waals surface area contributed by atoms with Gasteiger partial charge in [-0.3, -0.25) is 5.43 Å². The summed E-state index contributed by atoms with van der Waals surface area (Å²) in [5, 5.41) is 8.53. The third-order valence-electron chi connectivity index (χ3n) is 4.79. The molecule has 158 valence electrons. The molecule has 0 unspecified atom stereocenters. The van der Waals surface area contributed by atoms with Crippen LogP contribution >= 0.6 is 23.8 Å². The van der Waals surface area contributed by atoms with Gasteiger partial charge in [-0.05, 0) is 73.1 Å². The summed E-state index contributed by atoms with van der Waals surface area (Å²) in [4.78, 5) is 12.3. The number of ether oxygens (including phenoxy) is 2. The number of hydrazone groups is 1. The Labute approximate surface area is 186 Å². The van der Waals surface area contributed by atoms with Gasteiger partial charge in [-0.15, -0.1) is 0 Å². The number of halogens is 1. The maximum Gasteiger partial charge on any atom is 0.343 e. The van der Waals surface area contributed by atoms with Crippen LogP contribution in [0.5, 0.6) is 11.5 Å². The fourth-order valence-electron chi connectivity index (χ4n) is 3.22. The Morgan fingerprint density at radius 3 is 2.57 bits per heavy atom. The first-order valence-electron chi connectivity index (χ1n) is 9.80. The number of nitrogens with one attached hydrogen (secondary N) is 2. The van der Waals surface area contributed by atoms with E-state index < -0.39 is 5.97 Å². The Bertz CT molecular complexity index is 912. The lowest BCUT2D eigenvalue weighted by Crippen LogP contribution is -2.40. The molecule has 1 aliphatic carbocycles. The van der Waals surface area contributed by atoms with E-state index in [1.54, 1.807) is 48.7 Å². The van der Waals surface area contributed by atoms with Crippen LogP contribution < -0.4 is 20.2 Å². The highest BCUT2D eigenvalue weighted by molar-refractivity contribution is 7.80. The molecule has 1 fully saturated rings. The van der Waals surface area contributed by atoms with E-state index in [1.807, 2.05) is 0 Å². The topological polar surface area (TPSA) is 71.9 Å². The number of hydrogen-bond donors (Lipinski definition) is 2. The quantitative estimate of drug-likeness (QED) is 0.221. The number of nitrogens with zero attached hydrogens (tertiary/aromatic N) is 1. The molecule has 0 amide bonds. The average Bonchev–Trinajstić information content (AvgIpc) is 2.75. The molecule has 0 aliphatic heterocycles. The van der Waals surface area contributed by atoms with Crippen LogP contribution in [0.25, 0.3) is 0 Å². The third kappa shape index (κ3) is 6.43. The monoisotopic (exact) mass is 445 g/mol. The largest absolute Gasteiger partial charge is 0.493 e. The van der Waals surface area contributed by atoms with Gasteiger partial charge in [0.1, 0.15) is 0 Å². The highest BCUT2D eigenvalue weighted by Crippen LogP contribution is 2.28. The molecule has 2 aromatic carbocycles. The maximum absolute atomic E-state index is 12.3. The molecular formula is C22H24ClN3O3S. The van der Waals surface area contributed by atoms with Crippen LogP contribution in [0, 0.1) is 0 Å². The van der Waals surface area contributed by atoms with Crippen molar-refractivity contribution in [2.45, 2.75) is 38.1 Å². The summed E-state index contributed by atoms with van der Waals surface area (Å²) >= 11 is 11.1. The van der Waals surface area contributed by atoms with E-state index in [0.29, 0.717) is 33.2 Å². The summed E-state index contributed by atoms with van der Waals surface area (Å²) in [7, 11) is 1.51. The fourth-order valence-corrected chi connectivity index (χ4v) is 3.57. The molecule has 2 aromatic rings. The minimum Gasteiger partial charge on any atom is -0.493 e. The second kappa shape index (κ2) is 10.9. The van der Waals surface area contributed by atoms with Gasteiger partial charge in [0.25, 0.3) is 0 Å². The van der Waals surface area contributed by atoms with E-state index in [9.17, 15) is 4.79 Å². The Morgan fingerprint density at radius 2 is 1.87 bits per heavy atom. The van der Waals surface area contributed by atoms with Crippen molar-refractivity contribution in [1.82, 2.24) is 10.7 Å². The van der Waals surface area contributed by atoms with E-state index in [0.717, 1.165) is 18.4 Å². The predicted molar refractivity (Wildman–Crippen MR) is 123 cm³/mol. The molecule has 0 aromatic heterocycles. The van der Waals surface area contributed by atoms with Gasteiger partial charge in [-0.25, -0.2) is 4.79 Å². The molecule has 0 atom stereocenters. The van der Waals surface area contributed by atoms with Gasteiger partial charge in [0.2, 0.25) is 0 Å². The van der Waals surface area contributed by atoms with Gasteiger partial charge in [0.15, 0.2) is 16.6 Å². The molecule has 3 rings (SSSR count). The van der Waals surface area contributed by atoms with Crippen LogP contribution in [-0.2, 0) is 0 Å². The Kier molecular flexibility index (Phi) is 8.04. The molecule has 0 saturated heterocycles. The van der Waals surface area contributed by atoms with Gasteiger partial charge < -0.3 is 14.8 Å². The lowest BCUT2D eigenvalue weighted by Gasteiger charge is -2.23. The summed E-state index contributed by atoms with van der Waals surface area (Å²) in [5.74, 6) is 0.244. The zero-order chi connectivity index (χ0) is 21.3. The smallest absolute Gasteiger partial charge is 0.343 e. The standard InChI is InChI=1S/C22H24ClN3O3S/c1-28-20-13-15(14-24-26-22(30)25-18-5-3-2-4-6-18)7-12-19(20)29-21(27)16-8-10-17(23)11-9-16/h7-14,18H,2-6H2,1H3,(H2,25,26,30)/b24-14+. The molecule has 0 radical (unpaired) electrons. The molecule has 1 saturated carbocycles. The van der Waals surface area contributed by atoms with Gasteiger partial charge in [0.05, 0.1) is 18.9 Å². The Balaban J connectivity index is 1.57. The Morgan fingerprint density at radius 1 is 1.13 bits per heavy atom.